The molecule has 0 saturated carbocycles. The number of para-hydroxylation sites is 1. The summed E-state index contributed by atoms with van der Waals surface area (Å²) in [5, 5.41) is 7.88. The van der Waals surface area contributed by atoms with Crippen molar-refractivity contribution in [2.24, 2.45) is 11.8 Å². The Morgan fingerprint density at radius 1 is 1.17 bits per heavy atom. The first kappa shape index (κ1) is 15.4. The van der Waals surface area contributed by atoms with Gasteiger partial charge in [-0.05, 0) is 56.3 Å². The molecule has 1 aromatic heterocycles. The number of aryl methyl sites for hydroxylation is 1. The maximum Gasteiger partial charge on any atom is 0.257 e. The topological polar surface area (TPSA) is 50.2 Å². The van der Waals surface area contributed by atoms with Gasteiger partial charge in [-0.15, -0.1) is 0 Å². The van der Waals surface area contributed by atoms with Crippen LogP contribution in [-0.2, 0) is 0 Å². The average molecular weight is 324 g/mol. The van der Waals surface area contributed by atoms with Gasteiger partial charge in [-0.2, -0.15) is 5.10 Å². The van der Waals surface area contributed by atoms with E-state index in [0.29, 0.717) is 5.56 Å². The van der Waals surface area contributed by atoms with E-state index in [-0.39, 0.29) is 5.91 Å². The highest BCUT2D eigenvalue weighted by atomic mass is 16.2. The number of hydrogen-bond donors (Lipinski definition) is 1. The van der Waals surface area contributed by atoms with E-state index in [1.165, 1.54) is 0 Å². The normalized spacial score (nSPS) is 23.8. The van der Waals surface area contributed by atoms with E-state index in [1.54, 1.807) is 10.9 Å². The minimum atomic E-state index is 0.114. The number of rotatable bonds is 2. The molecule has 24 heavy (non-hydrogen) atoms. The van der Waals surface area contributed by atoms with Gasteiger partial charge >= 0.3 is 0 Å². The number of aromatic nitrogens is 2. The van der Waals surface area contributed by atoms with Crippen molar-refractivity contribution in [2.75, 3.05) is 26.2 Å². The molecule has 5 nitrogen and oxygen atoms in total. The molecule has 0 aliphatic carbocycles. The van der Waals surface area contributed by atoms with Crippen LogP contribution >= 0.6 is 0 Å². The molecule has 2 fully saturated rings. The molecule has 2 atom stereocenters. The van der Waals surface area contributed by atoms with E-state index in [0.717, 1.165) is 62.1 Å². The van der Waals surface area contributed by atoms with Gasteiger partial charge in [-0.25, -0.2) is 4.68 Å². The van der Waals surface area contributed by atoms with Crippen LogP contribution in [0, 0.1) is 18.8 Å². The first-order valence-corrected chi connectivity index (χ1v) is 8.83. The number of carbonyl (C=O) groups excluding carboxylic acids is 1. The molecule has 3 heterocycles. The van der Waals surface area contributed by atoms with Gasteiger partial charge < -0.3 is 10.2 Å². The molecular weight excluding hydrogens is 300 g/mol. The van der Waals surface area contributed by atoms with Crippen molar-refractivity contribution in [1.82, 2.24) is 20.0 Å². The molecule has 0 bridgehead atoms. The lowest BCUT2D eigenvalue weighted by Crippen LogP contribution is -2.32. The fourth-order valence-corrected chi connectivity index (χ4v) is 3.99. The largest absolute Gasteiger partial charge is 0.339 e. The Balaban J connectivity index is 1.50. The molecular formula is C19H24N4O. The number of hydrogen-bond acceptors (Lipinski definition) is 3. The van der Waals surface area contributed by atoms with Gasteiger partial charge in [0.25, 0.3) is 5.91 Å². The van der Waals surface area contributed by atoms with Gasteiger partial charge in [0.05, 0.1) is 17.4 Å². The van der Waals surface area contributed by atoms with E-state index < -0.39 is 0 Å². The van der Waals surface area contributed by atoms with Crippen molar-refractivity contribution in [3.8, 4) is 5.69 Å². The summed E-state index contributed by atoms with van der Waals surface area (Å²) in [6, 6.07) is 8.08. The SMILES string of the molecule is Cc1ccccc1-n1cc(C(=O)N2CC[C@@H]3CNC[C@@H]3CC2)cn1. The number of amides is 1. The van der Waals surface area contributed by atoms with E-state index in [2.05, 4.69) is 23.4 Å². The summed E-state index contributed by atoms with van der Waals surface area (Å²) in [6.45, 7) is 5.99. The Kier molecular flexibility index (Phi) is 4.10. The maximum atomic E-state index is 12.9. The Morgan fingerprint density at radius 2 is 1.88 bits per heavy atom. The molecule has 0 radical (unpaired) electrons. The van der Waals surface area contributed by atoms with E-state index in [9.17, 15) is 4.79 Å². The lowest BCUT2D eigenvalue weighted by atomic mass is 9.92. The highest BCUT2D eigenvalue weighted by molar-refractivity contribution is 5.93. The number of carbonyl (C=O) groups is 1. The number of likely N-dealkylation sites (tertiary alicyclic amines) is 1. The molecule has 0 spiro atoms. The molecule has 4 rings (SSSR count). The summed E-state index contributed by atoms with van der Waals surface area (Å²) in [7, 11) is 0. The molecule has 2 aliphatic rings. The predicted octanol–water partition coefficient (Wildman–Crippen LogP) is 2.25. The van der Waals surface area contributed by atoms with Crippen molar-refractivity contribution in [1.29, 1.82) is 0 Å². The minimum absolute atomic E-state index is 0.114. The summed E-state index contributed by atoms with van der Waals surface area (Å²) in [4.78, 5) is 14.9. The number of nitrogens with zero attached hydrogens (tertiary/aromatic N) is 3. The van der Waals surface area contributed by atoms with Crippen LogP contribution < -0.4 is 5.32 Å². The fourth-order valence-electron chi connectivity index (χ4n) is 3.99. The lowest BCUT2D eigenvalue weighted by Gasteiger charge is -2.20. The molecule has 2 aromatic rings. The van der Waals surface area contributed by atoms with Crippen molar-refractivity contribution < 1.29 is 4.79 Å². The van der Waals surface area contributed by atoms with Crippen LogP contribution in [0.15, 0.2) is 36.7 Å². The molecule has 1 N–H and O–H groups in total. The zero-order valence-electron chi connectivity index (χ0n) is 14.1. The number of nitrogens with one attached hydrogen (secondary N) is 1. The molecule has 1 amide bonds. The van der Waals surface area contributed by atoms with Gasteiger partial charge in [0, 0.05) is 19.3 Å². The fraction of sp³-hybridized carbons (Fsp3) is 0.474. The molecule has 126 valence electrons. The van der Waals surface area contributed by atoms with Crippen LogP contribution in [0.1, 0.15) is 28.8 Å². The third-order valence-electron chi connectivity index (χ3n) is 5.50. The highest BCUT2D eigenvalue weighted by Gasteiger charge is 2.31. The van der Waals surface area contributed by atoms with Gasteiger partial charge in [-0.3, -0.25) is 4.79 Å². The van der Waals surface area contributed by atoms with Gasteiger partial charge in [0.1, 0.15) is 0 Å². The lowest BCUT2D eigenvalue weighted by molar-refractivity contribution is 0.0758. The summed E-state index contributed by atoms with van der Waals surface area (Å²) in [5.41, 5.74) is 2.85. The standard InChI is InChI=1S/C19H24N4O/c1-14-4-2-3-5-18(14)23-13-17(12-21-23)19(24)22-8-6-15-10-20-11-16(15)7-9-22/h2-5,12-13,15-16,20H,6-11H2,1H3/t15-,16+. The molecule has 1 aromatic carbocycles. The van der Waals surface area contributed by atoms with Gasteiger partial charge in [-0.1, -0.05) is 18.2 Å². The van der Waals surface area contributed by atoms with Crippen LogP contribution in [0.4, 0.5) is 0 Å². The Morgan fingerprint density at radius 3 is 2.58 bits per heavy atom. The third kappa shape index (κ3) is 2.84. The zero-order chi connectivity index (χ0) is 16.5. The molecule has 2 saturated heterocycles. The Hall–Kier alpha value is -2.14. The first-order chi connectivity index (χ1) is 11.7. The van der Waals surface area contributed by atoms with Crippen LogP contribution in [0.2, 0.25) is 0 Å². The number of fused-ring (bicyclic) bond motifs is 1. The van der Waals surface area contributed by atoms with Crippen LogP contribution in [0.5, 0.6) is 0 Å². The van der Waals surface area contributed by atoms with Crippen molar-refractivity contribution in [3.05, 3.63) is 47.8 Å². The average Bonchev–Trinajstić information content (AvgIpc) is 3.21. The second kappa shape index (κ2) is 6.40. The van der Waals surface area contributed by atoms with Crippen LogP contribution in [0.3, 0.4) is 0 Å². The Bertz CT molecular complexity index is 724. The molecule has 2 aliphatic heterocycles. The molecule has 0 unspecified atom stereocenters. The smallest absolute Gasteiger partial charge is 0.257 e. The Labute approximate surface area is 142 Å². The zero-order valence-corrected chi connectivity index (χ0v) is 14.1. The second-order valence-corrected chi connectivity index (χ2v) is 7.01. The summed E-state index contributed by atoms with van der Waals surface area (Å²) < 4.78 is 1.80. The maximum absolute atomic E-state index is 12.9. The van der Waals surface area contributed by atoms with Crippen LogP contribution in [0.25, 0.3) is 5.69 Å². The highest BCUT2D eigenvalue weighted by Crippen LogP contribution is 2.27. The quantitative estimate of drug-likeness (QED) is 0.922. The monoisotopic (exact) mass is 324 g/mol. The van der Waals surface area contributed by atoms with Crippen molar-refractivity contribution >= 4 is 5.91 Å². The van der Waals surface area contributed by atoms with Crippen molar-refractivity contribution in [3.63, 3.8) is 0 Å². The second-order valence-electron chi connectivity index (χ2n) is 7.01. The summed E-state index contributed by atoms with van der Waals surface area (Å²) in [6.07, 6.45) is 5.77. The van der Waals surface area contributed by atoms with Crippen LogP contribution in [-0.4, -0.2) is 46.8 Å². The summed E-state index contributed by atoms with van der Waals surface area (Å²) >= 11 is 0. The van der Waals surface area contributed by atoms with Gasteiger partial charge in [0.2, 0.25) is 0 Å². The number of benzene rings is 1. The predicted molar refractivity (Wildman–Crippen MR) is 93.3 cm³/mol. The van der Waals surface area contributed by atoms with Gasteiger partial charge in [0.15, 0.2) is 0 Å². The minimum Gasteiger partial charge on any atom is -0.339 e. The van der Waals surface area contributed by atoms with Crippen molar-refractivity contribution in [2.45, 2.75) is 19.8 Å². The summed E-state index contributed by atoms with van der Waals surface area (Å²) in [5.74, 6) is 1.58. The van der Waals surface area contributed by atoms with E-state index >= 15 is 0 Å². The van der Waals surface area contributed by atoms with E-state index in [1.807, 2.05) is 29.3 Å². The molecule has 5 heteroatoms. The first-order valence-electron chi connectivity index (χ1n) is 8.83. The van der Waals surface area contributed by atoms with E-state index in [4.69, 9.17) is 0 Å². The third-order valence-corrected chi connectivity index (χ3v) is 5.50.